The van der Waals surface area contributed by atoms with Gasteiger partial charge < -0.3 is 20.2 Å². The fourth-order valence-electron chi connectivity index (χ4n) is 3.82. The minimum atomic E-state index is -1.06. The molecule has 6 heteroatoms. The van der Waals surface area contributed by atoms with E-state index < -0.39 is 30.4 Å². The summed E-state index contributed by atoms with van der Waals surface area (Å²) in [5.74, 6) is -0.136. The second-order valence-electron chi connectivity index (χ2n) is 6.52. The average Bonchev–Trinajstić information content (AvgIpc) is 2.91. The van der Waals surface area contributed by atoms with E-state index in [1.807, 2.05) is 35.2 Å². The summed E-state index contributed by atoms with van der Waals surface area (Å²) in [5.41, 5.74) is 0.980. The molecular formula is C17H24N2O4. The molecule has 1 amide bonds. The molecule has 0 aliphatic carbocycles. The SMILES string of the molecule is CC(=O)N(Cc1ccccc1)[C@H]1CN2CC[C@H](O)[C@@H]2[C@@H](O)[C@@H]1O. The summed E-state index contributed by atoms with van der Waals surface area (Å²) in [6.45, 7) is 3.01. The van der Waals surface area contributed by atoms with Gasteiger partial charge in [-0.1, -0.05) is 30.3 Å². The van der Waals surface area contributed by atoms with Crippen molar-refractivity contribution < 1.29 is 20.1 Å². The van der Waals surface area contributed by atoms with Crippen molar-refractivity contribution in [3.63, 3.8) is 0 Å². The van der Waals surface area contributed by atoms with Crippen LogP contribution in [0.5, 0.6) is 0 Å². The van der Waals surface area contributed by atoms with Gasteiger partial charge in [0.25, 0.3) is 0 Å². The van der Waals surface area contributed by atoms with Crippen LogP contribution in [-0.2, 0) is 11.3 Å². The smallest absolute Gasteiger partial charge is 0.220 e. The Balaban J connectivity index is 1.81. The molecule has 3 rings (SSSR count). The predicted molar refractivity (Wildman–Crippen MR) is 84.5 cm³/mol. The van der Waals surface area contributed by atoms with Gasteiger partial charge in [-0.25, -0.2) is 0 Å². The zero-order valence-corrected chi connectivity index (χ0v) is 13.2. The van der Waals surface area contributed by atoms with Crippen molar-refractivity contribution in [2.75, 3.05) is 13.1 Å². The Morgan fingerprint density at radius 1 is 1.22 bits per heavy atom. The van der Waals surface area contributed by atoms with Crippen LogP contribution >= 0.6 is 0 Å². The average molecular weight is 320 g/mol. The Bertz CT molecular complexity index is 553. The zero-order valence-electron chi connectivity index (χ0n) is 13.2. The molecule has 2 aliphatic rings. The molecule has 0 spiro atoms. The van der Waals surface area contributed by atoms with E-state index in [0.29, 0.717) is 26.1 Å². The number of carbonyl (C=O) groups excluding carboxylic acids is 1. The molecule has 23 heavy (non-hydrogen) atoms. The van der Waals surface area contributed by atoms with E-state index in [9.17, 15) is 20.1 Å². The van der Waals surface area contributed by atoms with Crippen molar-refractivity contribution in [1.29, 1.82) is 0 Å². The summed E-state index contributed by atoms with van der Waals surface area (Å²) in [7, 11) is 0. The summed E-state index contributed by atoms with van der Waals surface area (Å²) >= 11 is 0. The number of aliphatic hydroxyl groups excluding tert-OH is 3. The standard InChI is InChI=1S/C17H24N2O4/c1-11(20)19(9-12-5-3-2-4-6-12)13-10-18-8-7-14(21)15(18)17(23)16(13)22/h2-6,13-17,21-23H,7-10H2,1H3/t13-,14-,15+,16+,17+/m0/s1. The lowest BCUT2D eigenvalue weighted by Gasteiger charge is -2.46. The predicted octanol–water partition coefficient (Wildman–Crippen LogP) is -0.426. The van der Waals surface area contributed by atoms with Gasteiger partial charge in [0.1, 0.15) is 6.10 Å². The number of aliphatic hydroxyl groups is 3. The molecule has 0 saturated carbocycles. The van der Waals surface area contributed by atoms with E-state index in [1.165, 1.54) is 6.92 Å². The van der Waals surface area contributed by atoms with E-state index in [4.69, 9.17) is 0 Å². The monoisotopic (exact) mass is 320 g/mol. The van der Waals surface area contributed by atoms with Crippen molar-refractivity contribution in [3.05, 3.63) is 35.9 Å². The normalized spacial score (nSPS) is 34.2. The molecule has 3 N–H and O–H groups in total. The van der Waals surface area contributed by atoms with Crippen molar-refractivity contribution in [1.82, 2.24) is 9.80 Å². The van der Waals surface area contributed by atoms with Gasteiger partial charge in [0, 0.05) is 26.6 Å². The van der Waals surface area contributed by atoms with Crippen molar-refractivity contribution in [2.45, 2.75) is 50.3 Å². The lowest BCUT2D eigenvalue weighted by molar-refractivity contribution is -0.151. The highest BCUT2D eigenvalue weighted by Gasteiger charge is 2.49. The fraction of sp³-hybridized carbons (Fsp3) is 0.588. The molecule has 2 heterocycles. The minimum absolute atomic E-state index is 0.136. The number of rotatable bonds is 3. The Hall–Kier alpha value is -1.47. The van der Waals surface area contributed by atoms with Crippen LogP contribution in [0.2, 0.25) is 0 Å². The summed E-state index contributed by atoms with van der Waals surface area (Å²) in [6.07, 6.45) is -2.15. The first-order chi connectivity index (χ1) is 11.0. The van der Waals surface area contributed by atoms with Gasteiger partial charge in [-0.15, -0.1) is 0 Å². The third-order valence-electron chi connectivity index (χ3n) is 5.04. The van der Waals surface area contributed by atoms with E-state index in [0.717, 1.165) is 5.56 Å². The topological polar surface area (TPSA) is 84.2 Å². The summed E-state index contributed by atoms with van der Waals surface area (Å²) in [4.78, 5) is 15.7. The summed E-state index contributed by atoms with van der Waals surface area (Å²) < 4.78 is 0. The first-order valence-electron chi connectivity index (χ1n) is 8.08. The van der Waals surface area contributed by atoms with E-state index in [1.54, 1.807) is 4.90 Å². The minimum Gasteiger partial charge on any atom is -0.391 e. The molecule has 126 valence electrons. The molecule has 1 aromatic rings. The highest BCUT2D eigenvalue weighted by molar-refractivity contribution is 5.73. The number of hydrogen-bond donors (Lipinski definition) is 3. The molecule has 0 aromatic heterocycles. The Morgan fingerprint density at radius 2 is 1.91 bits per heavy atom. The molecule has 1 aromatic carbocycles. The maximum Gasteiger partial charge on any atom is 0.220 e. The number of fused-ring (bicyclic) bond motifs is 1. The molecule has 5 atom stereocenters. The first-order valence-corrected chi connectivity index (χ1v) is 8.08. The van der Waals surface area contributed by atoms with E-state index >= 15 is 0 Å². The first kappa shape index (κ1) is 16.4. The van der Waals surface area contributed by atoms with Gasteiger partial charge in [0.2, 0.25) is 5.91 Å². The zero-order chi connectivity index (χ0) is 16.6. The molecular weight excluding hydrogens is 296 g/mol. The van der Waals surface area contributed by atoms with Crippen LogP contribution in [0.15, 0.2) is 30.3 Å². The fourth-order valence-corrected chi connectivity index (χ4v) is 3.82. The highest BCUT2D eigenvalue weighted by Crippen LogP contribution is 2.30. The van der Waals surface area contributed by atoms with Gasteiger partial charge in [-0.3, -0.25) is 9.69 Å². The molecule has 2 aliphatic heterocycles. The molecule has 0 bridgehead atoms. The van der Waals surface area contributed by atoms with Gasteiger partial charge in [-0.2, -0.15) is 0 Å². The Labute approximate surface area is 135 Å². The number of amides is 1. The molecule has 2 fully saturated rings. The van der Waals surface area contributed by atoms with Crippen LogP contribution in [0.1, 0.15) is 18.9 Å². The number of benzene rings is 1. The lowest BCUT2D eigenvalue weighted by Crippen LogP contribution is -2.66. The maximum atomic E-state index is 12.1. The van der Waals surface area contributed by atoms with Gasteiger partial charge in [0.15, 0.2) is 0 Å². The molecule has 2 saturated heterocycles. The Kier molecular flexibility index (Phi) is 4.68. The van der Waals surface area contributed by atoms with Crippen LogP contribution in [0.25, 0.3) is 0 Å². The van der Waals surface area contributed by atoms with Crippen molar-refractivity contribution in [3.8, 4) is 0 Å². The van der Waals surface area contributed by atoms with Crippen molar-refractivity contribution >= 4 is 5.91 Å². The van der Waals surface area contributed by atoms with Crippen LogP contribution in [0, 0.1) is 0 Å². The second kappa shape index (κ2) is 6.57. The number of carbonyl (C=O) groups is 1. The molecule has 0 unspecified atom stereocenters. The van der Waals surface area contributed by atoms with Crippen LogP contribution < -0.4 is 0 Å². The quantitative estimate of drug-likeness (QED) is 0.704. The molecule has 0 radical (unpaired) electrons. The van der Waals surface area contributed by atoms with E-state index in [-0.39, 0.29) is 5.91 Å². The third kappa shape index (κ3) is 3.12. The number of piperidine rings is 1. The number of nitrogens with zero attached hydrogens (tertiary/aromatic N) is 2. The maximum absolute atomic E-state index is 12.1. The second-order valence-corrected chi connectivity index (χ2v) is 6.52. The molecule has 6 nitrogen and oxygen atoms in total. The number of hydrogen-bond acceptors (Lipinski definition) is 5. The summed E-state index contributed by atoms with van der Waals surface area (Å²) in [6, 6.07) is 8.68. The van der Waals surface area contributed by atoms with Gasteiger partial charge >= 0.3 is 0 Å². The van der Waals surface area contributed by atoms with Crippen LogP contribution in [-0.4, -0.2) is 74.5 Å². The van der Waals surface area contributed by atoms with Crippen LogP contribution in [0.4, 0.5) is 0 Å². The van der Waals surface area contributed by atoms with Crippen molar-refractivity contribution in [2.24, 2.45) is 0 Å². The lowest BCUT2D eigenvalue weighted by atomic mass is 9.90. The largest absolute Gasteiger partial charge is 0.391 e. The van der Waals surface area contributed by atoms with Crippen LogP contribution in [0.3, 0.4) is 0 Å². The highest BCUT2D eigenvalue weighted by atomic mass is 16.3. The third-order valence-corrected chi connectivity index (χ3v) is 5.04. The van der Waals surface area contributed by atoms with Gasteiger partial charge in [-0.05, 0) is 12.0 Å². The van der Waals surface area contributed by atoms with Gasteiger partial charge in [0.05, 0.1) is 24.3 Å². The van der Waals surface area contributed by atoms with E-state index in [2.05, 4.69) is 0 Å². The summed E-state index contributed by atoms with van der Waals surface area (Å²) in [5, 5.41) is 30.9. The Morgan fingerprint density at radius 3 is 2.57 bits per heavy atom.